The third kappa shape index (κ3) is 3.24. The Hall–Kier alpha value is -3.33. The second-order valence-corrected chi connectivity index (χ2v) is 5.91. The van der Waals surface area contributed by atoms with Crippen molar-refractivity contribution in [3.8, 4) is 28.3 Å². The van der Waals surface area contributed by atoms with Crippen molar-refractivity contribution < 1.29 is 9.15 Å². The highest BCUT2D eigenvalue weighted by molar-refractivity contribution is 5.76. The molecule has 0 saturated heterocycles. The fourth-order valence-corrected chi connectivity index (χ4v) is 2.95. The van der Waals surface area contributed by atoms with Crippen LogP contribution in [0.25, 0.3) is 22.6 Å². The second kappa shape index (κ2) is 7.28. The van der Waals surface area contributed by atoms with Crippen molar-refractivity contribution in [1.82, 2.24) is 4.98 Å². The smallest absolute Gasteiger partial charge is 0.200 e. The highest BCUT2D eigenvalue weighted by Crippen LogP contribution is 2.33. The first kappa shape index (κ1) is 16.2. The molecule has 3 heteroatoms. The number of oxazole rings is 1. The first-order valence-corrected chi connectivity index (χ1v) is 8.49. The molecule has 0 aliphatic heterocycles. The maximum Gasteiger partial charge on any atom is 0.200 e. The van der Waals surface area contributed by atoms with E-state index in [0.717, 1.165) is 33.9 Å². The molecule has 0 spiro atoms. The largest absolute Gasteiger partial charge is 0.496 e. The lowest BCUT2D eigenvalue weighted by atomic mass is 10.1. The topological polar surface area (TPSA) is 35.3 Å². The number of rotatable bonds is 5. The van der Waals surface area contributed by atoms with E-state index in [1.807, 2.05) is 78.9 Å². The maximum atomic E-state index is 6.17. The molecule has 0 aliphatic carbocycles. The van der Waals surface area contributed by atoms with Gasteiger partial charge in [0, 0.05) is 16.7 Å². The summed E-state index contributed by atoms with van der Waals surface area (Å²) in [6.07, 6.45) is 0.524. The summed E-state index contributed by atoms with van der Waals surface area (Å²) in [5, 5.41) is 0. The van der Waals surface area contributed by atoms with Crippen molar-refractivity contribution in [1.29, 1.82) is 0 Å². The van der Waals surface area contributed by atoms with E-state index in [0.29, 0.717) is 12.3 Å². The number of hydrogen-bond donors (Lipinski definition) is 0. The molecule has 3 aromatic carbocycles. The molecule has 4 rings (SSSR count). The zero-order valence-corrected chi connectivity index (χ0v) is 14.5. The molecule has 1 heterocycles. The van der Waals surface area contributed by atoms with Crippen LogP contribution in [0.2, 0.25) is 0 Å². The molecule has 0 bridgehead atoms. The zero-order chi connectivity index (χ0) is 17.8. The van der Waals surface area contributed by atoms with Crippen LogP contribution in [0.4, 0.5) is 0 Å². The van der Waals surface area contributed by atoms with Gasteiger partial charge < -0.3 is 9.15 Å². The van der Waals surface area contributed by atoms with E-state index >= 15 is 0 Å². The number of benzene rings is 3. The summed E-state index contributed by atoms with van der Waals surface area (Å²) in [7, 11) is 1.66. The molecule has 3 nitrogen and oxygen atoms in total. The van der Waals surface area contributed by atoms with Gasteiger partial charge in [0.05, 0.1) is 13.5 Å². The third-order valence-electron chi connectivity index (χ3n) is 4.20. The van der Waals surface area contributed by atoms with Gasteiger partial charge in [-0.05, 0) is 12.1 Å². The second-order valence-electron chi connectivity index (χ2n) is 5.91. The van der Waals surface area contributed by atoms with Crippen molar-refractivity contribution in [2.45, 2.75) is 6.42 Å². The van der Waals surface area contributed by atoms with Gasteiger partial charge in [0.15, 0.2) is 11.7 Å². The highest BCUT2D eigenvalue weighted by Gasteiger charge is 2.17. The van der Waals surface area contributed by atoms with Crippen LogP contribution in [-0.4, -0.2) is 12.1 Å². The molecule has 0 saturated carbocycles. The van der Waals surface area contributed by atoms with Crippen LogP contribution in [-0.2, 0) is 6.42 Å². The molecule has 0 unspecified atom stereocenters. The number of ether oxygens (including phenoxy) is 1. The van der Waals surface area contributed by atoms with E-state index < -0.39 is 0 Å². The Bertz CT molecular complexity index is 934. The minimum absolute atomic E-state index is 0.524. The van der Waals surface area contributed by atoms with Crippen molar-refractivity contribution in [2.75, 3.05) is 7.11 Å². The molecule has 0 atom stereocenters. The summed E-state index contributed by atoms with van der Waals surface area (Å²) in [5.41, 5.74) is 3.82. The number of nitrogens with zero attached hydrogens (tertiary/aromatic N) is 1. The first-order chi connectivity index (χ1) is 12.8. The number of hydrogen-bond acceptors (Lipinski definition) is 3. The van der Waals surface area contributed by atoms with Gasteiger partial charge in [-0.3, -0.25) is 0 Å². The molecule has 26 heavy (non-hydrogen) atoms. The van der Waals surface area contributed by atoms with Gasteiger partial charge in [-0.2, -0.15) is 0 Å². The number of methoxy groups -OCH3 is 1. The van der Waals surface area contributed by atoms with Gasteiger partial charge in [-0.25, -0.2) is 4.98 Å². The summed E-state index contributed by atoms with van der Waals surface area (Å²) in [6, 6.07) is 29.1. The fourth-order valence-electron chi connectivity index (χ4n) is 2.95. The Morgan fingerprint density at radius 1 is 0.885 bits per heavy atom. The van der Waals surface area contributed by atoms with Gasteiger partial charge in [-0.1, -0.05) is 72.8 Å². The van der Waals surface area contributed by atoms with Crippen molar-refractivity contribution in [2.24, 2.45) is 0 Å². The summed E-state index contributed by atoms with van der Waals surface area (Å²) >= 11 is 0. The molecule has 4 aromatic rings. The lowest BCUT2D eigenvalue weighted by Crippen LogP contribution is -1.94. The molecule has 1 radical (unpaired) electrons. The molecular formula is C23H18NO2. The molecule has 0 aliphatic rings. The normalized spacial score (nSPS) is 10.7. The molecule has 0 amide bonds. The fraction of sp³-hybridized carbons (Fsp3) is 0.0870. The Morgan fingerprint density at radius 2 is 1.58 bits per heavy atom. The first-order valence-electron chi connectivity index (χ1n) is 8.49. The lowest BCUT2D eigenvalue weighted by molar-refractivity contribution is 0.408. The van der Waals surface area contributed by atoms with Crippen LogP contribution >= 0.6 is 0 Å². The molecule has 0 N–H and O–H groups in total. The Balaban J connectivity index is 1.79. The van der Waals surface area contributed by atoms with E-state index in [1.165, 1.54) is 0 Å². The van der Waals surface area contributed by atoms with E-state index in [4.69, 9.17) is 14.1 Å². The third-order valence-corrected chi connectivity index (χ3v) is 4.20. The van der Waals surface area contributed by atoms with Crippen molar-refractivity contribution in [3.63, 3.8) is 0 Å². The average molecular weight is 340 g/mol. The van der Waals surface area contributed by atoms with E-state index in [9.17, 15) is 0 Å². The zero-order valence-electron chi connectivity index (χ0n) is 14.5. The monoisotopic (exact) mass is 340 g/mol. The van der Waals surface area contributed by atoms with Crippen LogP contribution in [0.3, 0.4) is 0 Å². The highest BCUT2D eigenvalue weighted by atomic mass is 16.5. The summed E-state index contributed by atoms with van der Waals surface area (Å²) in [6.45, 7) is 0. The summed E-state index contributed by atoms with van der Waals surface area (Å²) < 4.78 is 11.6. The average Bonchev–Trinajstić information content (AvgIpc) is 3.13. The van der Waals surface area contributed by atoms with Crippen LogP contribution in [0.15, 0.2) is 83.3 Å². The van der Waals surface area contributed by atoms with Crippen LogP contribution in [0.1, 0.15) is 11.5 Å². The van der Waals surface area contributed by atoms with Crippen LogP contribution in [0.5, 0.6) is 5.75 Å². The van der Waals surface area contributed by atoms with Crippen molar-refractivity contribution in [3.05, 3.63) is 96.4 Å². The SMILES string of the molecule is COc1ccc[c]c1Cc1nc(-c2ccccc2)c(-c2ccccc2)o1. The van der Waals surface area contributed by atoms with Gasteiger partial charge >= 0.3 is 0 Å². The van der Waals surface area contributed by atoms with Crippen LogP contribution in [0, 0.1) is 6.07 Å². The quantitative estimate of drug-likeness (QED) is 0.487. The van der Waals surface area contributed by atoms with Crippen molar-refractivity contribution >= 4 is 0 Å². The minimum Gasteiger partial charge on any atom is -0.496 e. The van der Waals surface area contributed by atoms with E-state index in [1.54, 1.807) is 7.11 Å². The lowest BCUT2D eigenvalue weighted by Gasteiger charge is -2.05. The standard InChI is InChI=1S/C23H18NO2/c1-25-20-15-9-8-14-19(20)16-21-24-22(17-10-4-2-5-11-17)23(26-21)18-12-6-3-7-13-18/h2-13,15H,16H2,1H3. The Morgan fingerprint density at radius 3 is 2.27 bits per heavy atom. The van der Waals surface area contributed by atoms with E-state index in [-0.39, 0.29) is 0 Å². The van der Waals surface area contributed by atoms with E-state index in [2.05, 4.69) is 6.07 Å². The van der Waals surface area contributed by atoms with Gasteiger partial charge in [0.2, 0.25) is 0 Å². The predicted molar refractivity (Wildman–Crippen MR) is 102 cm³/mol. The minimum atomic E-state index is 0.524. The molecular weight excluding hydrogens is 322 g/mol. The maximum absolute atomic E-state index is 6.17. The Labute approximate surface area is 152 Å². The predicted octanol–water partition coefficient (Wildman–Crippen LogP) is 5.41. The molecule has 0 fully saturated rings. The van der Waals surface area contributed by atoms with Gasteiger partial charge in [0.25, 0.3) is 0 Å². The molecule has 127 valence electrons. The number of aromatic nitrogens is 1. The van der Waals surface area contributed by atoms with Crippen LogP contribution < -0.4 is 4.74 Å². The van der Waals surface area contributed by atoms with Gasteiger partial charge in [-0.15, -0.1) is 0 Å². The molecule has 1 aromatic heterocycles. The summed E-state index contributed by atoms with van der Waals surface area (Å²) in [4.78, 5) is 4.79. The summed E-state index contributed by atoms with van der Waals surface area (Å²) in [5.74, 6) is 2.21. The van der Waals surface area contributed by atoms with Gasteiger partial charge in [0.1, 0.15) is 11.4 Å². The Kier molecular flexibility index (Phi) is 4.52.